The zero-order chi connectivity index (χ0) is 16.2. The van der Waals surface area contributed by atoms with Gasteiger partial charge in [-0.15, -0.1) is 0 Å². The van der Waals surface area contributed by atoms with Crippen LogP contribution in [0.5, 0.6) is 0 Å². The van der Waals surface area contributed by atoms with Crippen molar-refractivity contribution in [2.24, 2.45) is 0 Å². The van der Waals surface area contributed by atoms with Crippen molar-refractivity contribution in [2.75, 3.05) is 0 Å². The highest BCUT2D eigenvalue weighted by Gasteiger charge is 2.21. The van der Waals surface area contributed by atoms with Crippen LogP contribution in [0.3, 0.4) is 0 Å². The number of benzene rings is 1. The second-order valence-corrected chi connectivity index (χ2v) is 5.80. The van der Waals surface area contributed by atoms with E-state index in [1.165, 1.54) is 6.26 Å². The molecule has 0 aliphatic heterocycles. The highest BCUT2D eigenvalue weighted by Crippen LogP contribution is 2.24. The molecular weight excluding hydrogens is 337 g/mol. The molecule has 2 aromatic heterocycles. The van der Waals surface area contributed by atoms with E-state index < -0.39 is 0 Å². The largest absolute Gasteiger partial charge is 0.467 e. The van der Waals surface area contributed by atoms with Crippen LogP contribution in [0.4, 0.5) is 0 Å². The lowest BCUT2D eigenvalue weighted by atomic mass is 10.2. The Labute approximate surface area is 143 Å². The normalized spacial score (nSPS) is 10.7. The van der Waals surface area contributed by atoms with Crippen LogP contribution in [0.15, 0.2) is 63.8 Å². The molecule has 118 valence electrons. The summed E-state index contributed by atoms with van der Waals surface area (Å²) in [5.41, 5.74) is 0.794. The van der Waals surface area contributed by atoms with E-state index in [2.05, 4.69) is 0 Å². The molecule has 3 rings (SSSR count). The minimum absolute atomic E-state index is 0.239. The fraction of sp³-hybridized carbons (Fsp3) is 0.118. The van der Waals surface area contributed by atoms with Crippen molar-refractivity contribution in [3.8, 4) is 0 Å². The molecule has 23 heavy (non-hydrogen) atoms. The van der Waals surface area contributed by atoms with Gasteiger partial charge in [-0.3, -0.25) is 4.79 Å². The predicted octanol–water partition coefficient (Wildman–Crippen LogP) is 5.02. The Morgan fingerprint density at radius 2 is 1.78 bits per heavy atom. The minimum Gasteiger partial charge on any atom is -0.467 e. The molecule has 6 heteroatoms. The Morgan fingerprint density at radius 1 is 1.00 bits per heavy atom. The Morgan fingerprint density at radius 3 is 2.43 bits per heavy atom. The third kappa shape index (κ3) is 3.78. The molecule has 0 bridgehead atoms. The van der Waals surface area contributed by atoms with Crippen molar-refractivity contribution in [1.29, 1.82) is 0 Å². The summed E-state index contributed by atoms with van der Waals surface area (Å²) in [4.78, 5) is 14.2. The zero-order valence-corrected chi connectivity index (χ0v) is 13.6. The highest BCUT2D eigenvalue weighted by molar-refractivity contribution is 6.35. The van der Waals surface area contributed by atoms with Gasteiger partial charge >= 0.3 is 0 Å². The molecular formula is C17H13Cl2NO3. The van der Waals surface area contributed by atoms with E-state index >= 15 is 0 Å². The Balaban J connectivity index is 1.86. The molecule has 0 saturated heterocycles. The van der Waals surface area contributed by atoms with Gasteiger partial charge in [-0.05, 0) is 42.0 Å². The van der Waals surface area contributed by atoms with Gasteiger partial charge in [0.25, 0.3) is 5.91 Å². The maximum Gasteiger partial charge on any atom is 0.290 e. The molecule has 4 nitrogen and oxygen atoms in total. The molecule has 1 amide bonds. The van der Waals surface area contributed by atoms with Crippen molar-refractivity contribution < 1.29 is 13.6 Å². The second kappa shape index (κ2) is 6.94. The van der Waals surface area contributed by atoms with Gasteiger partial charge in [0.05, 0.1) is 19.1 Å². The average Bonchev–Trinajstić information content (AvgIpc) is 3.21. The monoisotopic (exact) mass is 349 g/mol. The fourth-order valence-electron chi connectivity index (χ4n) is 2.20. The number of hydrogen-bond acceptors (Lipinski definition) is 3. The number of furan rings is 2. The van der Waals surface area contributed by atoms with E-state index in [1.54, 1.807) is 47.6 Å². The van der Waals surface area contributed by atoms with E-state index in [0.717, 1.165) is 5.56 Å². The molecule has 0 aliphatic carbocycles. The molecule has 0 unspecified atom stereocenters. The minimum atomic E-state index is -0.239. The summed E-state index contributed by atoms with van der Waals surface area (Å²) in [6.07, 6.45) is 3.04. The number of hydrogen-bond donors (Lipinski definition) is 0. The fourth-order valence-corrected chi connectivity index (χ4v) is 2.67. The summed E-state index contributed by atoms with van der Waals surface area (Å²) in [5.74, 6) is 0.703. The molecule has 0 radical (unpaired) electrons. The molecule has 0 aliphatic rings. The average molecular weight is 350 g/mol. The van der Waals surface area contributed by atoms with Crippen LogP contribution in [0.25, 0.3) is 0 Å². The number of carbonyl (C=O) groups excluding carboxylic acids is 1. The van der Waals surface area contributed by atoms with Gasteiger partial charge in [-0.1, -0.05) is 29.3 Å². The van der Waals surface area contributed by atoms with Crippen LogP contribution >= 0.6 is 23.2 Å². The molecule has 0 atom stereocenters. The van der Waals surface area contributed by atoms with Crippen LogP contribution in [0.1, 0.15) is 21.9 Å². The first kappa shape index (κ1) is 15.7. The first-order chi connectivity index (χ1) is 11.1. The SMILES string of the molecule is O=C(c1ccco1)N(Cc1ccco1)Cc1ccc(Cl)cc1Cl. The van der Waals surface area contributed by atoms with Gasteiger partial charge in [0.15, 0.2) is 5.76 Å². The zero-order valence-electron chi connectivity index (χ0n) is 12.0. The van der Waals surface area contributed by atoms with Crippen LogP contribution in [0.2, 0.25) is 10.0 Å². The molecule has 0 spiro atoms. The van der Waals surface area contributed by atoms with Gasteiger partial charge in [0, 0.05) is 16.6 Å². The summed E-state index contributed by atoms with van der Waals surface area (Å²) >= 11 is 12.1. The van der Waals surface area contributed by atoms with E-state index in [1.807, 2.05) is 6.07 Å². The number of halogens is 2. The molecule has 2 heterocycles. The van der Waals surface area contributed by atoms with Crippen LogP contribution in [-0.4, -0.2) is 10.8 Å². The predicted molar refractivity (Wildman–Crippen MR) is 87.5 cm³/mol. The van der Waals surface area contributed by atoms with E-state index in [9.17, 15) is 4.79 Å². The van der Waals surface area contributed by atoms with E-state index in [4.69, 9.17) is 32.0 Å². The second-order valence-electron chi connectivity index (χ2n) is 4.95. The van der Waals surface area contributed by atoms with Gasteiger partial charge in [-0.2, -0.15) is 0 Å². The first-order valence-corrected chi connectivity index (χ1v) is 7.68. The maximum absolute atomic E-state index is 12.6. The summed E-state index contributed by atoms with van der Waals surface area (Å²) in [6, 6.07) is 12.1. The Hall–Kier alpha value is -2.17. The van der Waals surface area contributed by atoms with Crippen molar-refractivity contribution in [1.82, 2.24) is 4.90 Å². The quantitative estimate of drug-likeness (QED) is 0.649. The van der Waals surface area contributed by atoms with Crippen molar-refractivity contribution in [3.63, 3.8) is 0 Å². The highest BCUT2D eigenvalue weighted by atomic mass is 35.5. The molecule has 0 saturated carbocycles. The lowest BCUT2D eigenvalue weighted by molar-refractivity contribution is 0.0685. The Bertz CT molecular complexity index is 782. The summed E-state index contributed by atoms with van der Waals surface area (Å²) in [6.45, 7) is 0.627. The maximum atomic E-state index is 12.6. The number of nitrogens with zero attached hydrogens (tertiary/aromatic N) is 1. The van der Waals surface area contributed by atoms with Crippen LogP contribution in [-0.2, 0) is 13.1 Å². The van der Waals surface area contributed by atoms with E-state index in [0.29, 0.717) is 28.9 Å². The van der Waals surface area contributed by atoms with Gasteiger partial charge in [0.2, 0.25) is 0 Å². The number of rotatable bonds is 5. The Kier molecular flexibility index (Phi) is 4.74. The molecule has 0 N–H and O–H groups in total. The van der Waals surface area contributed by atoms with Crippen molar-refractivity contribution >= 4 is 29.1 Å². The smallest absolute Gasteiger partial charge is 0.290 e. The lowest BCUT2D eigenvalue weighted by Gasteiger charge is -2.21. The van der Waals surface area contributed by atoms with Crippen molar-refractivity contribution in [2.45, 2.75) is 13.1 Å². The summed E-state index contributed by atoms with van der Waals surface area (Å²) < 4.78 is 10.5. The molecule has 1 aromatic carbocycles. The van der Waals surface area contributed by atoms with Gasteiger partial charge in [-0.25, -0.2) is 0 Å². The van der Waals surface area contributed by atoms with Crippen LogP contribution in [0, 0.1) is 0 Å². The molecule has 3 aromatic rings. The number of carbonyl (C=O) groups is 1. The molecule has 0 fully saturated rings. The van der Waals surface area contributed by atoms with E-state index in [-0.39, 0.29) is 11.7 Å². The third-order valence-electron chi connectivity index (χ3n) is 3.32. The van der Waals surface area contributed by atoms with Gasteiger partial charge in [0.1, 0.15) is 5.76 Å². The lowest BCUT2D eigenvalue weighted by Crippen LogP contribution is -2.29. The van der Waals surface area contributed by atoms with Crippen molar-refractivity contribution in [3.05, 3.63) is 82.1 Å². The van der Waals surface area contributed by atoms with Gasteiger partial charge < -0.3 is 13.7 Å². The summed E-state index contributed by atoms with van der Waals surface area (Å²) in [7, 11) is 0. The third-order valence-corrected chi connectivity index (χ3v) is 3.91. The number of amides is 1. The topological polar surface area (TPSA) is 46.6 Å². The first-order valence-electron chi connectivity index (χ1n) is 6.92. The standard InChI is InChI=1S/C17H13Cl2NO3/c18-13-6-5-12(15(19)9-13)10-20(11-14-3-1-7-22-14)17(21)16-4-2-8-23-16/h1-9H,10-11H2. The summed E-state index contributed by atoms with van der Waals surface area (Å²) in [5, 5.41) is 1.06. The van der Waals surface area contributed by atoms with Crippen LogP contribution < -0.4 is 0 Å².